The third-order valence-electron chi connectivity index (χ3n) is 24.7. The summed E-state index contributed by atoms with van der Waals surface area (Å²) >= 11 is 0. The van der Waals surface area contributed by atoms with E-state index in [1.165, 1.54) is 146 Å². The summed E-state index contributed by atoms with van der Waals surface area (Å²) in [6, 6.07) is 48.1. The molecule has 8 aromatic rings. The van der Waals surface area contributed by atoms with Crippen LogP contribution in [0.4, 0.5) is 0 Å². The zero-order valence-corrected chi connectivity index (χ0v) is 85.3. The standard InChI is InChI=1S/C24H41N.C20H23NO2.C19H21NO2.C15H17NO3.C15H19NO2.C14H15NO3.C14H17NO2.CH4/c1-3-4-5-6-7-8-9-10-11-12-13-14-15-16-18-21-24(2)25-22-19-17-20-23-25;1-15-5-7-17(8-6-15)4-3-13-21-20(23)12-10-18-9-11-19(22)16(2)14-18;1-14-3-5-16(6-4-14)11-12-20-19(22)10-8-17-7-9-18(21)15(2)13-17;1-11-10-12(5-7-13(11)17)6-8-15(19)16-9-3-2-4-14(16)18;1-12-11-13(5-7-14(12)17)6-8-15(18)16-9-3-2-4-10-16;1-10-9-11(4-6-12(10)16)5-7-14(18)15-8-2-3-13(15)17;1-11-10-12(4-6-13(11)16)5-7-14(17)15-8-2-3-9-15;/h4-5,7-8,10-11H,2-3,6,9,12-23H2,1H3;5-12,14,22H,3-4,13H2,1-2H3,(H,21,23);3-10,13,21H,11-12H2,1-2H3,(H,20,22);5-8,10,17H,2-4,9H2,1H3;5-8,11,17H,2-4,9-10H2,1H3;4-7,9,16H,2-3,8H2,1H3;4-7,10,16H,2-3,8-9H2,1H3;1H4/b;12-10+;10-8+;2*8-6+;2*7-5+;. The monoisotopic (exact) mass is 1940 g/mol. The molecule has 5 saturated heterocycles. The average Bonchev–Trinajstić information content (AvgIpc) is 1.83. The van der Waals surface area contributed by atoms with Crippen molar-refractivity contribution in [1.29, 1.82) is 0 Å². The van der Waals surface area contributed by atoms with Crippen LogP contribution < -0.4 is 10.6 Å². The van der Waals surface area contributed by atoms with Crippen LogP contribution in [0.1, 0.15) is 257 Å². The van der Waals surface area contributed by atoms with Gasteiger partial charge < -0.3 is 56.0 Å². The molecule has 0 spiro atoms. The molecule has 0 radical (unpaired) electrons. The van der Waals surface area contributed by atoms with Gasteiger partial charge in [-0.3, -0.25) is 48.2 Å². The number of rotatable bonds is 33. The molecule has 143 heavy (non-hydrogen) atoms. The predicted octanol–water partition coefficient (Wildman–Crippen LogP) is 24.5. The van der Waals surface area contributed by atoms with Crippen molar-refractivity contribution in [1.82, 2.24) is 35.1 Å². The highest BCUT2D eigenvalue weighted by atomic mass is 16.3. The third kappa shape index (κ3) is 46.9. The number of imide groups is 2. The first-order chi connectivity index (χ1) is 68.4. The van der Waals surface area contributed by atoms with E-state index in [2.05, 4.69) is 128 Å². The summed E-state index contributed by atoms with van der Waals surface area (Å²) in [4.78, 5) is 103. The maximum Gasteiger partial charge on any atom is 0.253 e. The van der Waals surface area contributed by atoms with Gasteiger partial charge in [0.25, 0.3) is 11.8 Å². The molecule has 8 aromatic carbocycles. The van der Waals surface area contributed by atoms with Gasteiger partial charge in [-0.25, -0.2) is 0 Å². The SMILES string of the molecule is C.C=C(CCCCCCCC=CCC=CCC=CCC)N1CCCCC1.Cc1cc(/C=C/C(=O)N2CCCC2)ccc1O.Cc1cc(/C=C/C(=O)N2CCCC2=O)ccc1O.Cc1cc(/C=C/C(=O)N2CCCCC2)ccc1O.Cc1cc(/C=C/C(=O)N2CCCCC2=O)ccc1O.Cc1ccc(CCCNC(=O)/C=C/c2ccc(O)c(C)c2)cc1.Cc1ccc(CCNC(=O)/C=C/c2ccc(O)c(C)c2)cc1. The summed E-state index contributed by atoms with van der Waals surface area (Å²) in [5, 5.41) is 62.3. The Bertz CT molecular complexity index is 5640. The fraction of sp³-hybridized carbons (Fsp3) is 0.377. The van der Waals surface area contributed by atoms with Crippen LogP contribution in [0.2, 0.25) is 0 Å². The second-order valence-electron chi connectivity index (χ2n) is 36.6. The number of unbranched alkanes of at least 4 members (excludes halogenated alkanes) is 5. The van der Waals surface area contributed by atoms with Crippen molar-refractivity contribution >= 4 is 83.7 Å². The number of nitrogens with zero attached hydrogens (tertiary/aromatic N) is 5. The van der Waals surface area contributed by atoms with Crippen LogP contribution in [0.25, 0.3) is 36.5 Å². The Morgan fingerprint density at radius 1 is 0.322 bits per heavy atom. The lowest BCUT2D eigenvalue weighted by molar-refractivity contribution is -0.144. The number of likely N-dealkylation sites (tertiary alicyclic amines) is 5. The molecule has 0 bridgehead atoms. The zero-order valence-electron chi connectivity index (χ0n) is 85.3. The molecule has 8 N–H and O–H groups in total. The van der Waals surface area contributed by atoms with Crippen LogP contribution in [0, 0.1) is 55.4 Å². The Morgan fingerprint density at radius 2 is 0.629 bits per heavy atom. The van der Waals surface area contributed by atoms with Gasteiger partial charge in [0.15, 0.2) is 0 Å². The van der Waals surface area contributed by atoms with Crippen LogP contribution in [0.5, 0.6) is 34.5 Å². The van der Waals surface area contributed by atoms with Gasteiger partial charge in [-0.2, -0.15) is 0 Å². The molecule has 21 heteroatoms. The highest BCUT2D eigenvalue weighted by molar-refractivity contribution is 6.04. The van der Waals surface area contributed by atoms with E-state index in [0.717, 1.165) is 176 Å². The van der Waals surface area contributed by atoms with Crippen molar-refractivity contribution in [2.24, 2.45) is 0 Å². The van der Waals surface area contributed by atoms with Crippen molar-refractivity contribution in [2.45, 2.75) is 237 Å². The van der Waals surface area contributed by atoms with E-state index in [-0.39, 0.29) is 89.2 Å². The lowest BCUT2D eigenvalue weighted by Gasteiger charge is -2.30. The maximum absolute atomic E-state index is 11.9. The van der Waals surface area contributed by atoms with Crippen LogP contribution in [0.3, 0.4) is 0 Å². The number of aromatic hydroxyl groups is 6. The Morgan fingerprint density at radius 3 is 0.993 bits per heavy atom. The maximum atomic E-state index is 11.9. The van der Waals surface area contributed by atoms with Gasteiger partial charge in [0, 0.05) is 120 Å². The van der Waals surface area contributed by atoms with Crippen molar-refractivity contribution in [3.63, 3.8) is 0 Å². The summed E-state index contributed by atoms with van der Waals surface area (Å²) in [5.74, 6) is 0.770. The van der Waals surface area contributed by atoms with Crippen LogP contribution in [-0.2, 0) is 51.2 Å². The Labute approximate surface area is 851 Å². The Hall–Kier alpha value is -14.1. The van der Waals surface area contributed by atoms with E-state index in [4.69, 9.17) is 0 Å². The first-order valence-corrected chi connectivity index (χ1v) is 50.6. The van der Waals surface area contributed by atoms with Gasteiger partial charge in [-0.15, -0.1) is 0 Å². The van der Waals surface area contributed by atoms with E-state index in [1.807, 2.05) is 73.9 Å². The van der Waals surface area contributed by atoms with E-state index in [9.17, 15) is 69.0 Å². The first kappa shape index (κ1) is 118. The summed E-state index contributed by atoms with van der Waals surface area (Å²) in [6.07, 6.45) is 61.6. The van der Waals surface area contributed by atoms with Crippen LogP contribution in [0.15, 0.2) is 243 Å². The molecule has 5 aliphatic heterocycles. The van der Waals surface area contributed by atoms with Gasteiger partial charge in [0.1, 0.15) is 34.5 Å². The first-order valence-electron chi connectivity index (χ1n) is 50.6. The second kappa shape index (κ2) is 66.6. The molecule has 0 aliphatic carbocycles. The average molecular weight is 1950 g/mol. The number of hydrogen-bond donors (Lipinski definition) is 8. The highest BCUT2D eigenvalue weighted by Gasteiger charge is 2.26. The van der Waals surface area contributed by atoms with Crippen molar-refractivity contribution in [3.05, 3.63) is 332 Å². The molecule has 13 rings (SSSR count). The number of phenols is 6. The van der Waals surface area contributed by atoms with Gasteiger partial charge in [-0.05, 0) is 377 Å². The number of piperidine rings is 3. The topological polar surface area (TPSA) is 298 Å². The molecule has 5 heterocycles. The van der Waals surface area contributed by atoms with Crippen LogP contribution >= 0.6 is 0 Å². The molecular weight excluding hydrogens is 1790 g/mol. The minimum Gasteiger partial charge on any atom is -0.508 e. The number of allylic oxidation sites excluding steroid dienone is 7. The third-order valence-corrected chi connectivity index (χ3v) is 24.7. The number of carbonyl (C=O) groups excluding carboxylic acids is 8. The van der Waals surface area contributed by atoms with Crippen molar-refractivity contribution in [3.8, 4) is 34.5 Å². The van der Waals surface area contributed by atoms with E-state index in [1.54, 1.807) is 135 Å². The van der Waals surface area contributed by atoms with Crippen molar-refractivity contribution in [2.75, 3.05) is 65.4 Å². The van der Waals surface area contributed by atoms with Crippen LogP contribution in [-0.4, -0.2) is 168 Å². The van der Waals surface area contributed by atoms with Gasteiger partial charge in [0.05, 0.1) is 0 Å². The minimum atomic E-state index is -0.275. The molecule has 0 unspecified atom stereocenters. The largest absolute Gasteiger partial charge is 0.508 e. The molecule has 5 fully saturated rings. The molecule has 5 aliphatic rings. The van der Waals surface area contributed by atoms with E-state index >= 15 is 0 Å². The zero-order chi connectivity index (χ0) is 103. The molecule has 0 saturated carbocycles. The summed E-state index contributed by atoms with van der Waals surface area (Å²) in [6.45, 7) is 29.8. The number of aryl methyl sites for hydroxylation is 9. The summed E-state index contributed by atoms with van der Waals surface area (Å²) in [7, 11) is 0. The number of amides is 8. The number of benzene rings is 8. The number of nitrogens with one attached hydrogen (secondary N) is 2. The normalized spacial score (nSPS) is 14.2. The Kier molecular flexibility index (Phi) is 54.8. The van der Waals surface area contributed by atoms with Gasteiger partial charge >= 0.3 is 0 Å². The van der Waals surface area contributed by atoms with Gasteiger partial charge in [0.2, 0.25) is 35.4 Å². The minimum absolute atomic E-state index is 0. The lowest BCUT2D eigenvalue weighted by Crippen LogP contribution is -2.39. The summed E-state index contributed by atoms with van der Waals surface area (Å²) in [5.41, 5.74) is 16.4. The molecule has 764 valence electrons. The number of phenolic OH excluding ortho intramolecular Hbond substituents is 6. The number of carbonyl (C=O) groups is 8. The molecular formula is C122H157N7O14. The molecule has 8 amide bonds. The number of hydrogen-bond acceptors (Lipinski definition) is 15. The lowest BCUT2D eigenvalue weighted by atomic mass is 10.1. The fourth-order valence-corrected chi connectivity index (χ4v) is 15.8. The van der Waals surface area contributed by atoms with Crippen molar-refractivity contribution < 1.29 is 69.0 Å². The van der Waals surface area contributed by atoms with E-state index in [0.29, 0.717) is 39.0 Å². The quantitative estimate of drug-likeness (QED) is 0.0108. The second-order valence-corrected chi connectivity index (χ2v) is 36.6. The Balaban J connectivity index is 0.000000256. The molecule has 21 nitrogen and oxygen atoms in total. The highest BCUT2D eigenvalue weighted by Crippen LogP contribution is 2.27. The smallest absolute Gasteiger partial charge is 0.253 e. The predicted molar refractivity (Wildman–Crippen MR) is 585 cm³/mol. The molecule has 0 atom stereocenters. The molecule has 0 aromatic heterocycles. The van der Waals surface area contributed by atoms with Gasteiger partial charge in [-0.1, -0.05) is 173 Å². The summed E-state index contributed by atoms with van der Waals surface area (Å²) < 4.78 is 0. The fourth-order valence-electron chi connectivity index (χ4n) is 15.8. The van der Waals surface area contributed by atoms with E-state index < -0.39 is 0 Å².